The molecule has 1 aromatic carbocycles. The number of Topliss-reactive ketones (excluding diaryl/α,β-unsaturated/α-hetero) is 1. The summed E-state index contributed by atoms with van der Waals surface area (Å²) in [6, 6.07) is 4.45. The van der Waals surface area contributed by atoms with Crippen LogP contribution >= 0.6 is 15.9 Å². The molecule has 0 aliphatic carbocycles. The van der Waals surface area contributed by atoms with Crippen LogP contribution in [0.25, 0.3) is 0 Å². The Morgan fingerprint density at radius 2 is 2.20 bits per heavy atom. The van der Waals surface area contributed by atoms with Crippen molar-refractivity contribution in [2.75, 3.05) is 0 Å². The molecule has 0 bridgehead atoms. The number of carbonyl (C=O) groups is 1. The molecule has 1 nitrogen and oxygen atoms in total. The molecule has 0 saturated carbocycles. The van der Waals surface area contributed by atoms with Gasteiger partial charge in [0.2, 0.25) is 0 Å². The minimum Gasteiger partial charge on any atom is -0.294 e. The predicted molar refractivity (Wildman–Crippen MR) is 62.5 cm³/mol. The Balaban J connectivity index is 2.86. The summed E-state index contributed by atoms with van der Waals surface area (Å²) in [5, 5.41) is 0. The fourth-order valence-corrected chi connectivity index (χ4v) is 1.64. The lowest BCUT2D eigenvalue weighted by Gasteiger charge is -2.08. The maximum atomic E-state index is 13.3. The molecule has 0 N–H and O–H groups in total. The molecule has 0 spiro atoms. The van der Waals surface area contributed by atoms with Gasteiger partial charge in [0, 0.05) is 10.9 Å². The summed E-state index contributed by atoms with van der Waals surface area (Å²) in [5.74, 6) is -0.259. The second kappa shape index (κ2) is 5.40. The van der Waals surface area contributed by atoms with Gasteiger partial charge in [-0.3, -0.25) is 4.79 Å². The molecule has 1 aromatic rings. The topological polar surface area (TPSA) is 17.1 Å². The number of ketones is 1. The van der Waals surface area contributed by atoms with Crippen LogP contribution in [-0.4, -0.2) is 5.78 Å². The first-order valence-corrected chi connectivity index (χ1v) is 5.82. The summed E-state index contributed by atoms with van der Waals surface area (Å²) in [5.41, 5.74) is 0.185. The molecule has 0 amide bonds. The number of hydrogen-bond donors (Lipinski definition) is 0. The highest BCUT2D eigenvalue weighted by atomic mass is 79.9. The lowest BCUT2D eigenvalue weighted by molar-refractivity contribution is 0.0959. The Bertz CT molecular complexity index is 363. The van der Waals surface area contributed by atoms with Crippen molar-refractivity contribution in [3.8, 4) is 0 Å². The lowest BCUT2D eigenvalue weighted by atomic mass is 9.98. The van der Waals surface area contributed by atoms with Gasteiger partial charge < -0.3 is 0 Å². The van der Waals surface area contributed by atoms with Crippen LogP contribution in [0.4, 0.5) is 4.39 Å². The molecule has 82 valence electrons. The number of carbonyl (C=O) groups excluding carboxylic acids is 1. The molecular weight excluding hydrogens is 259 g/mol. The molecule has 0 fully saturated rings. The SMILES string of the molecule is CCC(C)CC(=O)c1cc(Br)ccc1F. The first kappa shape index (κ1) is 12.4. The summed E-state index contributed by atoms with van der Waals surface area (Å²) in [6.45, 7) is 4.02. The molecule has 0 aliphatic rings. The van der Waals surface area contributed by atoms with E-state index < -0.39 is 5.82 Å². The number of rotatable bonds is 4. The first-order chi connectivity index (χ1) is 7.04. The van der Waals surface area contributed by atoms with Crippen molar-refractivity contribution in [2.24, 2.45) is 5.92 Å². The smallest absolute Gasteiger partial charge is 0.166 e. The number of hydrogen-bond acceptors (Lipinski definition) is 1. The average molecular weight is 273 g/mol. The van der Waals surface area contributed by atoms with E-state index in [9.17, 15) is 9.18 Å². The van der Waals surface area contributed by atoms with Crippen molar-refractivity contribution in [1.29, 1.82) is 0 Å². The van der Waals surface area contributed by atoms with E-state index in [1.807, 2.05) is 13.8 Å². The highest BCUT2D eigenvalue weighted by Gasteiger charge is 2.14. The maximum Gasteiger partial charge on any atom is 0.166 e. The van der Waals surface area contributed by atoms with Gasteiger partial charge in [0.05, 0.1) is 5.56 Å². The van der Waals surface area contributed by atoms with E-state index in [1.165, 1.54) is 6.07 Å². The van der Waals surface area contributed by atoms with Crippen molar-refractivity contribution in [1.82, 2.24) is 0 Å². The summed E-state index contributed by atoms with van der Waals surface area (Å²) < 4.78 is 14.1. The van der Waals surface area contributed by atoms with Crippen LogP contribution in [0.1, 0.15) is 37.0 Å². The standard InChI is InChI=1S/C12H14BrFO/c1-3-8(2)6-12(15)10-7-9(13)4-5-11(10)14/h4-5,7-8H,3,6H2,1-2H3. The van der Waals surface area contributed by atoms with Crippen LogP contribution < -0.4 is 0 Å². The minimum absolute atomic E-state index is 0.122. The van der Waals surface area contributed by atoms with Gasteiger partial charge in [-0.15, -0.1) is 0 Å². The van der Waals surface area contributed by atoms with Crippen LogP contribution in [0.15, 0.2) is 22.7 Å². The molecule has 1 rings (SSSR count). The Morgan fingerprint density at radius 3 is 2.80 bits per heavy atom. The maximum absolute atomic E-state index is 13.3. The Labute approximate surface area is 97.8 Å². The van der Waals surface area contributed by atoms with Crippen molar-refractivity contribution in [3.63, 3.8) is 0 Å². The van der Waals surface area contributed by atoms with E-state index in [4.69, 9.17) is 0 Å². The third-order valence-corrected chi connectivity index (χ3v) is 2.95. The van der Waals surface area contributed by atoms with Gasteiger partial charge in [-0.1, -0.05) is 36.2 Å². The van der Waals surface area contributed by atoms with E-state index in [0.29, 0.717) is 12.3 Å². The van der Waals surface area contributed by atoms with Crippen LogP contribution in [0, 0.1) is 11.7 Å². The van der Waals surface area contributed by atoms with Gasteiger partial charge in [0.25, 0.3) is 0 Å². The second-order valence-electron chi connectivity index (χ2n) is 3.76. The highest BCUT2D eigenvalue weighted by molar-refractivity contribution is 9.10. The Morgan fingerprint density at radius 1 is 1.53 bits per heavy atom. The van der Waals surface area contributed by atoms with E-state index >= 15 is 0 Å². The van der Waals surface area contributed by atoms with Crippen molar-refractivity contribution < 1.29 is 9.18 Å². The minimum atomic E-state index is -0.438. The highest BCUT2D eigenvalue weighted by Crippen LogP contribution is 2.19. The molecule has 0 aliphatic heterocycles. The average Bonchev–Trinajstić information content (AvgIpc) is 2.21. The molecular formula is C12H14BrFO. The largest absolute Gasteiger partial charge is 0.294 e. The zero-order chi connectivity index (χ0) is 11.4. The quantitative estimate of drug-likeness (QED) is 0.751. The second-order valence-corrected chi connectivity index (χ2v) is 4.68. The molecule has 1 unspecified atom stereocenters. The van der Waals surface area contributed by atoms with Crippen molar-refractivity contribution in [3.05, 3.63) is 34.1 Å². The van der Waals surface area contributed by atoms with Gasteiger partial charge >= 0.3 is 0 Å². The lowest BCUT2D eigenvalue weighted by Crippen LogP contribution is -2.07. The molecule has 15 heavy (non-hydrogen) atoms. The number of halogens is 2. The van der Waals surface area contributed by atoms with Crippen molar-refractivity contribution >= 4 is 21.7 Å². The van der Waals surface area contributed by atoms with Crippen LogP contribution in [0.5, 0.6) is 0 Å². The first-order valence-electron chi connectivity index (χ1n) is 5.02. The molecule has 3 heteroatoms. The third-order valence-electron chi connectivity index (χ3n) is 2.46. The Kier molecular flexibility index (Phi) is 4.45. The van der Waals surface area contributed by atoms with E-state index in [2.05, 4.69) is 15.9 Å². The van der Waals surface area contributed by atoms with Gasteiger partial charge in [0.1, 0.15) is 5.82 Å². The molecule has 0 aromatic heterocycles. The van der Waals surface area contributed by atoms with Crippen molar-refractivity contribution in [2.45, 2.75) is 26.7 Å². The zero-order valence-electron chi connectivity index (χ0n) is 8.89. The summed E-state index contributed by atoms with van der Waals surface area (Å²) >= 11 is 3.23. The predicted octanol–water partition coefficient (Wildman–Crippen LogP) is 4.21. The van der Waals surface area contributed by atoms with Gasteiger partial charge in [-0.2, -0.15) is 0 Å². The summed E-state index contributed by atoms with van der Waals surface area (Å²) in [6.07, 6.45) is 1.34. The Hall–Kier alpha value is -0.700. The van der Waals surface area contributed by atoms with E-state index in [1.54, 1.807) is 12.1 Å². The molecule has 1 atom stereocenters. The normalized spacial score (nSPS) is 12.5. The number of benzene rings is 1. The fourth-order valence-electron chi connectivity index (χ4n) is 1.28. The van der Waals surface area contributed by atoms with E-state index in [0.717, 1.165) is 10.9 Å². The van der Waals surface area contributed by atoms with Gasteiger partial charge in [-0.05, 0) is 24.1 Å². The summed E-state index contributed by atoms with van der Waals surface area (Å²) in [4.78, 5) is 11.7. The molecule has 0 saturated heterocycles. The van der Waals surface area contributed by atoms with Crippen LogP contribution in [0.2, 0.25) is 0 Å². The van der Waals surface area contributed by atoms with E-state index in [-0.39, 0.29) is 11.3 Å². The molecule has 0 radical (unpaired) electrons. The van der Waals surface area contributed by atoms with Gasteiger partial charge in [0.15, 0.2) is 5.78 Å². The molecule has 0 heterocycles. The fraction of sp³-hybridized carbons (Fsp3) is 0.417. The third kappa shape index (κ3) is 3.42. The zero-order valence-corrected chi connectivity index (χ0v) is 10.5. The van der Waals surface area contributed by atoms with Gasteiger partial charge in [-0.25, -0.2) is 4.39 Å². The van der Waals surface area contributed by atoms with Crippen LogP contribution in [-0.2, 0) is 0 Å². The van der Waals surface area contributed by atoms with Crippen LogP contribution in [0.3, 0.4) is 0 Å². The summed E-state index contributed by atoms with van der Waals surface area (Å²) in [7, 11) is 0. The monoisotopic (exact) mass is 272 g/mol.